The summed E-state index contributed by atoms with van der Waals surface area (Å²) in [7, 11) is 0. The van der Waals surface area contributed by atoms with E-state index in [1.54, 1.807) is 0 Å². The van der Waals surface area contributed by atoms with Crippen LogP contribution >= 0.6 is 11.6 Å². The fourth-order valence-electron chi connectivity index (χ4n) is 2.07. The molecule has 0 radical (unpaired) electrons. The van der Waals surface area contributed by atoms with E-state index in [1.807, 2.05) is 42.5 Å². The third kappa shape index (κ3) is 2.10. The quantitative estimate of drug-likeness (QED) is 0.780. The Balaban J connectivity index is 2.26. The molecule has 0 aliphatic carbocycles. The highest BCUT2D eigenvalue weighted by Gasteiger charge is 2.14. The molecule has 0 fully saturated rings. The van der Waals surface area contributed by atoms with Crippen molar-refractivity contribution >= 4 is 28.3 Å². The van der Waals surface area contributed by atoms with Gasteiger partial charge in [0.05, 0.1) is 11.2 Å². The number of carbonyl (C=O) groups is 1. The van der Waals surface area contributed by atoms with Crippen molar-refractivity contribution in [1.82, 2.24) is 9.97 Å². The van der Waals surface area contributed by atoms with E-state index in [1.165, 1.54) is 6.20 Å². The van der Waals surface area contributed by atoms with Gasteiger partial charge in [-0.1, -0.05) is 54.1 Å². The Morgan fingerprint density at radius 3 is 2.65 bits per heavy atom. The van der Waals surface area contributed by atoms with E-state index >= 15 is 0 Å². The van der Waals surface area contributed by atoms with Crippen molar-refractivity contribution in [2.24, 2.45) is 0 Å². The minimum Gasteiger partial charge on any atom is -0.476 e. The summed E-state index contributed by atoms with van der Waals surface area (Å²) in [6, 6.07) is 13.5. The van der Waals surface area contributed by atoms with Crippen LogP contribution < -0.4 is 0 Å². The van der Waals surface area contributed by atoms with Crippen LogP contribution in [0.3, 0.4) is 0 Å². The van der Waals surface area contributed by atoms with Gasteiger partial charge in [0.15, 0.2) is 11.5 Å². The van der Waals surface area contributed by atoms with Crippen LogP contribution in [-0.2, 0) is 0 Å². The summed E-state index contributed by atoms with van der Waals surface area (Å²) in [6.45, 7) is 0. The first-order chi connectivity index (χ1) is 9.66. The highest BCUT2D eigenvalue weighted by Crippen LogP contribution is 2.27. The number of carboxylic acid groups (broad SMARTS) is 1. The molecule has 5 heteroatoms. The summed E-state index contributed by atoms with van der Waals surface area (Å²) in [5, 5.41) is 11.1. The van der Waals surface area contributed by atoms with E-state index in [9.17, 15) is 4.79 Å². The second-order valence-electron chi connectivity index (χ2n) is 4.22. The molecule has 0 bridgehead atoms. The number of hydrogen-bond acceptors (Lipinski definition) is 3. The lowest BCUT2D eigenvalue weighted by Gasteiger charge is -2.06. The van der Waals surface area contributed by atoms with Crippen LogP contribution in [0.4, 0.5) is 0 Å². The monoisotopic (exact) mass is 284 g/mol. The van der Waals surface area contributed by atoms with E-state index in [4.69, 9.17) is 16.7 Å². The molecular formula is C15H9ClN2O2. The van der Waals surface area contributed by atoms with E-state index in [2.05, 4.69) is 9.97 Å². The zero-order valence-corrected chi connectivity index (χ0v) is 11.0. The molecule has 0 aliphatic rings. The van der Waals surface area contributed by atoms with E-state index in [0.29, 0.717) is 5.82 Å². The van der Waals surface area contributed by atoms with Crippen molar-refractivity contribution in [3.8, 4) is 11.4 Å². The van der Waals surface area contributed by atoms with Crippen LogP contribution in [-0.4, -0.2) is 21.0 Å². The van der Waals surface area contributed by atoms with Gasteiger partial charge in [-0.25, -0.2) is 14.8 Å². The molecule has 1 N–H and O–H groups in total. The number of benzene rings is 2. The molecule has 0 atom stereocenters. The van der Waals surface area contributed by atoms with Crippen molar-refractivity contribution in [2.75, 3.05) is 0 Å². The summed E-state index contributed by atoms with van der Waals surface area (Å²) in [5.74, 6) is -0.817. The number of carboxylic acids is 1. The molecule has 0 unspecified atom stereocenters. The second-order valence-corrected chi connectivity index (χ2v) is 4.63. The van der Waals surface area contributed by atoms with Gasteiger partial charge in [0.2, 0.25) is 0 Å². The second kappa shape index (κ2) is 4.90. The Bertz CT molecular complexity index is 813. The molecule has 1 heterocycles. The lowest BCUT2D eigenvalue weighted by atomic mass is 10.0. The molecule has 3 aromatic rings. The zero-order chi connectivity index (χ0) is 14.1. The summed E-state index contributed by atoms with van der Waals surface area (Å²) >= 11 is 5.79. The average molecular weight is 285 g/mol. The van der Waals surface area contributed by atoms with Gasteiger partial charge in [-0.15, -0.1) is 0 Å². The fourth-order valence-corrected chi connectivity index (χ4v) is 2.24. The van der Waals surface area contributed by atoms with Gasteiger partial charge in [-0.05, 0) is 10.8 Å². The highest BCUT2D eigenvalue weighted by atomic mass is 35.5. The third-order valence-corrected chi connectivity index (χ3v) is 3.25. The smallest absolute Gasteiger partial charge is 0.356 e. The predicted octanol–water partition coefficient (Wildman–Crippen LogP) is 3.65. The van der Waals surface area contributed by atoms with Crippen molar-refractivity contribution in [2.45, 2.75) is 0 Å². The molecule has 1 aromatic heterocycles. The van der Waals surface area contributed by atoms with Crippen molar-refractivity contribution in [1.29, 1.82) is 0 Å². The molecule has 98 valence electrons. The van der Waals surface area contributed by atoms with Gasteiger partial charge in [0.25, 0.3) is 0 Å². The number of fused-ring (bicyclic) bond motifs is 1. The van der Waals surface area contributed by atoms with Gasteiger partial charge in [-0.2, -0.15) is 0 Å². The Morgan fingerprint density at radius 1 is 1.10 bits per heavy atom. The minimum absolute atomic E-state index is 0.0292. The van der Waals surface area contributed by atoms with Crippen LogP contribution in [0.2, 0.25) is 5.02 Å². The topological polar surface area (TPSA) is 63.1 Å². The molecule has 0 saturated carbocycles. The largest absolute Gasteiger partial charge is 0.476 e. The number of nitrogens with zero attached hydrogens (tertiary/aromatic N) is 2. The van der Waals surface area contributed by atoms with Crippen LogP contribution in [0.1, 0.15) is 10.5 Å². The molecule has 0 aliphatic heterocycles. The standard InChI is InChI=1S/C15H9ClN2O2/c16-12-8-17-14(18-13(12)15(19)20)11-7-3-5-9-4-1-2-6-10(9)11/h1-8H,(H,19,20). The molecule has 20 heavy (non-hydrogen) atoms. The maximum absolute atomic E-state index is 11.1. The van der Waals surface area contributed by atoms with Crippen LogP contribution in [0, 0.1) is 0 Å². The van der Waals surface area contributed by atoms with Crippen LogP contribution in [0.5, 0.6) is 0 Å². The number of aromatic nitrogens is 2. The first-order valence-corrected chi connectivity index (χ1v) is 6.28. The zero-order valence-electron chi connectivity index (χ0n) is 10.2. The fraction of sp³-hybridized carbons (Fsp3) is 0. The van der Waals surface area contributed by atoms with Gasteiger partial charge in [0.1, 0.15) is 0 Å². The summed E-state index contributed by atoms with van der Waals surface area (Å²) < 4.78 is 0. The first kappa shape index (κ1) is 12.6. The normalized spacial score (nSPS) is 10.7. The number of hydrogen-bond donors (Lipinski definition) is 1. The summed E-state index contributed by atoms with van der Waals surface area (Å²) in [5.41, 5.74) is 0.590. The average Bonchev–Trinajstić information content (AvgIpc) is 2.47. The molecule has 2 aromatic carbocycles. The lowest BCUT2D eigenvalue weighted by molar-refractivity contribution is 0.0690. The maximum atomic E-state index is 11.1. The highest BCUT2D eigenvalue weighted by molar-refractivity contribution is 6.33. The van der Waals surface area contributed by atoms with Crippen molar-refractivity contribution in [3.63, 3.8) is 0 Å². The van der Waals surface area contributed by atoms with E-state index in [0.717, 1.165) is 16.3 Å². The number of rotatable bonds is 2. The molecule has 4 nitrogen and oxygen atoms in total. The molecule has 0 amide bonds. The van der Waals surface area contributed by atoms with E-state index < -0.39 is 5.97 Å². The first-order valence-electron chi connectivity index (χ1n) is 5.91. The Kier molecular flexibility index (Phi) is 3.08. The maximum Gasteiger partial charge on any atom is 0.356 e. The third-order valence-electron chi connectivity index (χ3n) is 2.98. The molecule has 0 spiro atoms. The lowest BCUT2D eigenvalue weighted by Crippen LogP contribution is -2.04. The van der Waals surface area contributed by atoms with Crippen molar-refractivity contribution < 1.29 is 9.90 Å². The Morgan fingerprint density at radius 2 is 1.85 bits per heavy atom. The van der Waals surface area contributed by atoms with Crippen LogP contribution in [0.25, 0.3) is 22.2 Å². The molecule has 3 rings (SSSR count). The van der Waals surface area contributed by atoms with Crippen LogP contribution in [0.15, 0.2) is 48.7 Å². The Labute approximate surface area is 119 Å². The summed E-state index contributed by atoms with van der Waals surface area (Å²) in [4.78, 5) is 19.3. The number of aromatic carboxylic acids is 1. The van der Waals surface area contributed by atoms with E-state index in [-0.39, 0.29) is 10.7 Å². The van der Waals surface area contributed by atoms with Crippen molar-refractivity contribution in [3.05, 3.63) is 59.4 Å². The van der Waals surface area contributed by atoms with Gasteiger partial charge in [0, 0.05) is 5.56 Å². The SMILES string of the molecule is O=C(O)c1nc(-c2cccc3ccccc23)ncc1Cl. The number of halogens is 1. The van der Waals surface area contributed by atoms with Gasteiger partial charge >= 0.3 is 5.97 Å². The molecule has 0 saturated heterocycles. The minimum atomic E-state index is -1.17. The van der Waals surface area contributed by atoms with Gasteiger partial charge < -0.3 is 5.11 Å². The predicted molar refractivity (Wildman–Crippen MR) is 76.9 cm³/mol. The Hall–Kier alpha value is -2.46. The molecular weight excluding hydrogens is 276 g/mol. The van der Waals surface area contributed by atoms with Gasteiger partial charge in [-0.3, -0.25) is 0 Å². The summed E-state index contributed by atoms with van der Waals surface area (Å²) in [6.07, 6.45) is 1.31.